The maximum Gasteiger partial charge on any atom is 0.416 e. The molecule has 0 aliphatic rings. The maximum atomic E-state index is 13.3. The van der Waals surface area contributed by atoms with Crippen molar-refractivity contribution < 1.29 is 19.6 Å². The zero-order valence-corrected chi connectivity index (χ0v) is 18.9. The van der Waals surface area contributed by atoms with Crippen LogP contribution in [0.1, 0.15) is 5.69 Å². The highest BCUT2D eigenvalue weighted by Gasteiger charge is 2.25. The van der Waals surface area contributed by atoms with E-state index in [1.807, 2.05) is 0 Å². The average Bonchev–Trinajstić information content (AvgIpc) is 3.05. The van der Waals surface area contributed by atoms with Gasteiger partial charge in [0.25, 0.3) is 11.2 Å². The fraction of sp³-hybridized carbons (Fsp3) is 0.333. The van der Waals surface area contributed by atoms with Gasteiger partial charge in [-0.15, -0.1) is 0 Å². The Bertz CT molecular complexity index is 1220. The number of pyridine rings is 1. The highest BCUT2D eigenvalue weighted by molar-refractivity contribution is 6.76. The quantitative estimate of drug-likeness (QED) is 0.248. The lowest BCUT2D eigenvalue weighted by Crippen LogP contribution is -2.28. The molecule has 0 saturated heterocycles. The third kappa shape index (κ3) is 4.59. The second kappa shape index (κ2) is 8.48. The number of nitro groups is 1. The molecule has 0 aliphatic heterocycles. The first kappa shape index (κ1) is 22.4. The number of para-hydroxylation sites is 1. The van der Waals surface area contributed by atoms with E-state index in [4.69, 9.17) is 4.74 Å². The Labute approximate surface area is 179 Å². The number of fused-ring (bicyclic) bond motifs is 1. The lowest BCUT2D eigenvalue weighted by molar-refractivity contribution is -0.386. The van der Waals surface area contributed by atoms with E-state index < -0.39 is 24.6 Å². The van der Waals surface area contributed by atoms with E-state index >= 15 is 0 Å². The summed E-state index contributed by atoms with van der Waals surface area (Å²) in [7, 11) is -1.34. The Morgan fingerprint density at radius 2 is 1.90 bits per heavy atom. The predicted molar refractivity (Wildman–Crippen MR) is 121 cm³/mol. The predicted octanol–water partition coefficient (Wildman–Crippen LogP) is 4.53. The molecule has 10 heteroatoms. The number of hydrogen-bond acceptors (Lipinski definition) is 5. The monoisotopic (exact) mass is 443 g/mol. The fourth-order valence-corrected chi connectivity index (χ4v) is 4.11. The average molecular weight is 444 g/mol. The van der Waals surface area contributed by atoms with Gasteiger partial charge in [-0.05, 0) is 25.1 Å². The van der Waals surface area contributed by atoms with Crippen molar-refractivity contribution in [3.05, 3.63) is 62.6 Å². The molecule has 9 nitrogen and oxygen atoms in total. The van der Waals surface area contributed by atoms with Gasteiger partial charge in [-0.25, -0.2) is 9.36 Å². The normalized spacial score (nSPS) is 11.7. The van der Waals surface area contributed by atoms with Gasteiger partial charge in [0.1, 0.15) is 6.73 Å². The number of ether oxygens (including phenoxy) is 1. The lowest BCUT2D eigenvalue weighted by atomic mass is 10.1. The van der Waals surface area contributed by atoms with Gasteiger partial charge in [0.05, 0.1) is 27.4 Å². The summed E-state index contributed by atoms with van der Waals surface area (Å²) in [4.78, 5) is 36.3. The number of rotatable bonds is 7. The SMILES string of the molecule is Cc1c([N+](=O)[O-])cc(-c2cc3ccccc3n2C(=O)O)c(=O)n1COCC[Si](C)(C)C. The summed E-state index contributed by atoms with van der Waals surface area (Å²) in [5.74, 6) is 0. The zero-order valence-electron chi connectivity index (χ0n) is 17.9. The van der Waals surface area contributed by atoms with E-state index in [2.05, 4.69) is 19.6 Å². The summed E-state index contributed by atoms with van der Waals surface area (Å²) in [6.45, 7) is 8.38. The van der Waals surface area contributed by atoms with Crippen LogP contribution in [0.2, 0.25) is 25.7 Å². The highest BCUT2D eigenvalue weighted by atomic mass is 28.3. The Balaban J connectivity index is 2.16. The summed E-state index contributed by atoms with van der Waals surface area (Å²) in [6, 6.07) is 10.4. The summed E-state index contributed by atoms with van der Waals surface area (Å²) < 4.78 is 7.84. The molecular formula is C21H25N3O6Si. The summed E-state index contributed by atoms with van der Waals surface area (Å²) >= 11 is 0. The molecule has 3 aromatic rings. The van der Waals surface area contributed by atoms with Crippen LogP contribution in [0.25, 0.3) is 22.2 Å². The molecule has 0 aliphatic carbocycles. The first-order valence-corrected chi connectivity index (χ1v) is 13.5. The van der Waals surface area contributed by atoms with Gasteiger partial charge in [-0.1, -0.05) is 37.8 Å². The van der Waals surface area contributed by atoms with Crippen molar-refractivity contribution in [2.75, 3.05) is 6.61 Å². The Hall–Kier alpha value is -3.24. The van der Waals surface area contributed by atoms with Crippen LogP contribution in [0.5, 0.6) is 0 Å². The van der Waals surface area contributed by atoms with E-state index in [0.717, 1.165) is 16.7 Å². The molecule has 2 aromatic heterocycles. The molecule has 31 heavy (non-hydrogen) atoms. The molecule has 3 rings (SSSR count). The van der Waals surface area contributed by atoms with E-state index in [1.54, 1.807) is 30.3 Å². The van der Waals surface area contributed by atoms with Gasteiger partial charge >= 0.3 is 6.09 Å². The smallest absolute Gasteiger partial charge is 0.416 e. The summed E-state index contributed by atoms with van der Waals surface area (Å²) in [5.41, 5.74) is -0.246. The largest absolute Gasteiger partial charge is 0.464 e. The van der Waals surface area contributed by atoms with Crippen molar-refractivity contribution in [2.24, 2.45) is 0 Å². The first-order chi connectivity index (χ1) is 14.5. The second-order valence-corrected chi connectivity index (χ2v) is 14.2. The topological polar surface area (TPSA) is 117 Å². The fourth-order valence-electron chi connectivity index (χ4n) is 3.36. The lowest BCUT2D eigenvalue weighted by Gasteiger charge is -2.17. The minimum absolute atomic E-state index is 0.0651. The van der Waals surface area contributed by atoms with Gasteiger partial charge < -0.3 is 9.84 Å². The Morgan fingerprint density at radius 1 is 1.23 bits per heavy atom. The maximum absolute atomic E-state index is 13.3. The van der Waals surface area contributed by atoms with Crippen LogP contribution in [0, 0.1) is 17.0 Å². The van der Waals surface area contributed by atoms with Gasteiger partial charge in [-0.2, -0.15) is 0 Å². The molecule has 0 atom stereocenters. The summed E-state index contributed by atoms with van der Waals surface area (Å²) in [6.07, 6.45) is -1.28. The highest BCUT2D eigenvalue weighted by Crippen LogP contribution is 2.29. The number of benzene rings is 1. The van der Waals surface area contributed by atoms with Crippen molar-refractivity contribution >= 4 is 30.8 Å². The molecule has 0 radical (unpaired) electrons. The number of carbonyl (C=O) groups is 1. The van der Waals surface area contributed by atoms with Gasteiger partial charge in [0, 0.05) is 26.1 Å². The molecule has 1 N–H and O–H groups in total. The number of nitrogens with zero attached hydrogens (tertiary/aromatic N) is 3. The molecule has 0 amide bonds. The van der Waals surface area contributed by atoms with Crippen LogP contribution in [0.3, 0.4) is 0 Å². The van der Waals surface area contributed by atoms with E-state index in [9.17, 15) is 24.8 Å². The molecule has 2 heterocycles. The van der Waals surface area contributed by atoms with Gasteiger partial charge in [0.15, 0.2) is 0 Å². The molecule has 0 spiro atoms. The van der Waals surface area contributed by atoms with Crippen LogP contribution in [0.4, 0.5) is 10.5 Å². The molecule has 1 aromatic carbocycles. The van der Waals surface area contributed by atoms with Crippen LogP contribution in [-0.2, 0) is 11.5 Å². The molecule has 0 fully saturated rings. The minimum Gasteiger partial charge on any atom is -0.464 e. The van der Waals surface area contributed by atoms with E-state index in [0.29, 0.717) is 17.5 Å². The van der Waals surface area contributed by atoms with Crippen molar-refractivity contribution in [2.45, 2.75) is 39.3 Å². The van der Waals surface area contributed by atoms with Crippen LogP contribution >= 0.6 is 0 Å². The Kier molecular flexibility index (Phi) is 6.14. The number of aromatic nitrogens is 2. The van der Waals surface area contributed by atoms with Gasteiger partial charge in [-0.3, -0.25) is 19.5 Å². The van der Waals surface area contributed by atoms with E-state index in [-0.39, 0.29) is 29.4 Å². The van der Waals surface area contributed by atoms with Crippen LogP contribution < -0.4 is 5.56 Å². The molecule has 0 saturated carbocycles. The minimum atomic E-state index is -1.34. The third-order valence-corrected chi connectivity index (χ3v) is 6.83. The van der Waals surface area contributed by atoms with Gasteiger partial charge in [0.2, 0.25) is 0 Å². The molecular weight excluding hydrogens is 418 g/mol. The third-order valence-electron chi connectivity index (χ3n) is 5.12. The zero-order chi connectivity index (χ0) is 22.9. The first-order valence-electron chi connectivity index (χ1n) is 9.82. The van der Waals surface area contributed by atoms with E-state index in [1.165, 1.54) is 11.5 Å². The van der Waals surface area contributed by atoms with Crippen molar-refractivity contribution in [1.82, 2.24) is 9.13 Å². The number of hydrogen-bond donors (Lipinski definition) is 1. The van der Waals surface area contributed by atoms with Crippen molar-refractivity contribution in [1.29, 1.82) is 0 Å². The molecule has 0 bridgehead atoms. The van der Waals surface area contributed by atoms with Crippen molar-refractivity contribution in [3.8, 4) is 11.3 Å². The van der Waals surface area contributed by atoms with Crippen molar-refractivity contribution in [3.63, 3.8) is 0 Å². The standard InChI is InChI=1S/C21H25N3O6Si/c1-14-18(24(28)29)12-16(20(25)22(14)13-30-9-10-31(2,3)4)19-11-15-7-5-6-8-17(15)23(19)21(26)27/h5-8,11-12H,9-10,13H2,1-4H3,(H,26,27). The number of carboxylic acid groups (broad SMARTS) is 1. The second-order valence-electron chi connectivity index (χ2n) is 8.57. The Morgan fingerprint density at radius 3 is 2.52 bits per heavy atom. The van der Waals surface area contributed by atoms with Crippen LogP contribution in [-0.4, -0.2) is 39.9 Å². The molecule has 0 unspecified atom stereocenters. The molecule has 164 valence electrons. The van der Waals surface area contributed by atoms with Crippen LogP contribution in [0.15, 0.2) is 41.2 Å². The summed E-state index contributed by atoms with van der Waals surface area (Å²) in [5, 5.41) is 22.0.